The van der Waals surface area contributed by atoms with Gasteiger partial charge in [-0.3, -0.25) is 19.3 Å². The minimum atomic E-state index is -0.618. The quantitative estimate of drug-likeness (QED) is 0.555. The highest BCUT2D eigenvalue weighted by molar-refractivity contribution is 7.18. The summed E-state index contributed by atoms with van der Waals surface area (Å²) < 4.78 is 0.507. The summed E-state index contributed by atoms with van der Waals surface area (Å²) in [6, 6.07) is 11.9. The van der Waals surface area contributed by atoms with Crippen molar-refractivity contribution in [2.45, 2.75) is 12.5 Å². The van der Waals surface area contributed by atoms with Crippen molar-refractivity contribution < 1.29 is 14.4 Å². The number of imide groups is 1. The Morgan fingerprint density at radius 1 is 1.29 bits per heavy atom. The van der Waals surface area contributed by atoms with Crippen molar-refractivity contribution in [3.05, 3.63) is 75.0 Å². The first-order valence-corrected chi connectivity index (χ1v) is 10.9. The lowest BCUT2D eigenvalue weighted by Crippen LogP contribution is -2.45. The number of likely N-dealkylation sites (tertiary alicyclic amines) is 1. The minimum Gasteiger partial charge on any atom is -0.344 e. The normalized spacial score (nSPS) is 22.6. The van der Waals surface area contributed by atoms with E-state index in [2.05, 4.69) is 11.4 Å². The number of nitrogens with zero attached hydrogens (tertiary/aromatic N) is 2. The van der Waals surface area contributed by atoms with Crippen molar-refractivity contribution in [1.29, 1.82) is 5.26 Å². The maximum Gasteiger partial charge on any atom is 0.261 e. The second kappa shape index (κ2) is 8.88. The van der Waals surface area contributed by atoms with E-state index in [9.17, 15) is 14.4 Å². The van der Waals surface area contributed by atoms with Crippen LogP contribution in [-0.4, -0.2) is 35.2 Å². The number of nitrogens with one attached hydrogen (secondary N) is 1. The Balaban J connectivity index is 1.46. The lowest BCUT2D eigenvalue weighted by atomic mass is 9.81. The third-order valence-corrected chi connectivity index (χ3v) is 6.63. The number of hydrogen-bond acceptors (Lipinski definition) is 5. The van der Waals surface area contributed by atoms with Crippen molar-refractivity contribution in [2.24, 2.45) is 11.8 Å². The molecule has 2 heterocycles. The minimum absolute atomic E-state index is 0.142. The molecular weight excluding hydrogens is 434 g/mol. The van der Waals surface area contributed by atoms with Gasteiger partial charge in [-0.25, -0.2) is 0 Å². The van der Waals surface area contributed by atoms with Crippen molar-refractivity contribution in [3.63, 3.8) is 0 Å². The van der Waals surface area contributed by atoms with Crippen molar-refractivity contribution in [1.82, 2.24) is 10.2 Å². The molecule has 1 aliphatic carbocycles. The third-order valence-electron chi connectivity index (χ3n) is 5.40. The molecule has 4 rings (SSSR count). The summed E-state index contributed by atoms with van der Waals surface area (Å²) in [5.74, 6) is -1.93. The van der Waals surface area contributed by atoms with Crippen LogP contribution in [0.25, 0.3) is 6.08 Å². The molecule has 6 nitrogen and oxygen atoms in total. The van der Waals surface area contributed by atoms with E-state index in [1.807, 2.05) is 12.1 Å². The van der Waals surface area contributed by atoms with Crippen LogP contribution in [0.3, 0.4) is 0 Å². The molecule has 1 aromatic carbocycles. The maximum absolute atomic E-state index is 13.0. The summed E-state index contributed by atoms with van der Waals surface area (Å²) in [6.45, 7) is 0.142. The van der Waals surface area contributed by atoms with Gasteiger partial charge in [0.2, 0.25) is 11.8 Å². The number of allylic oxidation sites excluding steroid dienone is 1. The van der Waals surface area contributed by atoms with E-state index in [-0.39, 0.29) is 24.3 Å². The molecule has 1 aromatic heterocycles. The molecule has 156 valence electrons. The fraction of sp³-hybridized carbons (Fsp3) is 0.217. The lowest BCUT2D eigenvalue weighted by Gasteiger charge is -2.26. The monoisotopic (exact) mass is 451 g/mol. The summed E-state index contributed by atoms with van der Waals surface area (Å²) in [7, 11) is 0. The highest BCUT2D eigenvalue weighted by atomic mass is 35.5. The fourth-order valence-electron chi connectivity index (χ4n) is 3.94. The number of carbonyl (C=O) groups is 3. The number of nitriles is 1. The van der Waals surface area contributed by atoms with E-state index in [1.165, 1.54) is 4.90 Å². The van der Waals surface area contributed by atoms with Crippen LogP contribution in [0, 0.1) is 23.2 Å². The Hall–Kier alpha value is -3.21. The summed E-state index contributed by atoms with van der Waals surface area (Å²) in [4.78, 5) is 40.1. The molecule has 1 fully saturated rings. The van der Waals surface area contributed by atoms with Gasteiger partial charge in [-0.15, -0.1) is 11.3 Å². The second-order valence-electron chi connectivity index (χ2n) is 7.33. The highest BCUT2D eigenvalue weighted by Crippen LogP contribution is 2.35. The average molecular weight is 452 g/mol. The van der Waals surface area contributed by atoms with Crippen LogP contribution in [-0.2, 0) is 9.59 Å². The standard InChI is InChI=1S/C23H18ClN3O3S/c24-19-10-9-18(31-19)21(28)26-17-8-2-7-16-20(17)23(30)27(22(16)29)11-3-6-14-4-1-5-15(12-14)13-25/h1-6,8-10,12,16-17,20H,7,11H2,(H,26,28). The van der Waals surface area contributed by atoms with Crippen molar-refractivity contribution in [2.75, 3.05) is 6.54 Å². The van der Waals surface area contributed by atoms with Crippen LogP contribution in [0.5, 0.6) is 0 Å². The van der Waals surface area contributed by atoms with Gasteiger partial charge in [-0.1, -0.05) is 48.0 Å². The number of fused-ring (bicyclic) bond motifs is 1. The highest BCUT2D eigenvalue weighted by Gasteiger charge is 2.51. The van der Waals surface area contributed by atoms with Crippen LogP contribution in [0.4, 0.5) is 0 Å². The predicted molar refractivity (Wildman–Crippen MR) is 118 cm³/mol. The van der Waals surface area contributed by atoms with E-state index in [4.69, 9.17) is 16.9 Å². The van der Waals surface area contributed by atoms with Gasteiger partial charge in [-0.2, -0.15) is 5.26 Å². The van der Waals surface area contributed by atoms with Gasteiger partial charge in [0, 0.05) is 6.54 Å². The molecule has 2 aliphatic rings. The van der Waals surface area contributed by atoms with Gasteiger partial charge in [0.25, 0.3) is 5.91 Å². The molecule has 0 spiro atoms. The molecule has 31 heavy (non-hydrogen) atoms. The molecule has 1 saturated heterocycles. The van der Waals surface area contributed by atoms with Gasteiger partial charge < -0.3 is 5.32 Å². The molecule has 0 radical (unpaired) electrons. The van der Waals surface area contributed by atoms with E-state index in [0.29, 0.717) is 21.2 Å². The molecule has 1 aliphatic heterocycles. The maximum atomic E-state index is 13.0. The molecule has 3 atom stereocenters. The zero-order valence-corrected chi connectivity index (χ0v) is 17.9. The van der Waals surface area contributed by atoms with E-state index >= 15 is 0 Å². The fourth-order valence-corrected chi connectivity index (χ4v) is 4.89. The molecule has 2 aromatic rings. The van der Waals surface area contributed by atoms with Gasteiger partial charge >= 0.3 is 0 Å². The number of amides is 3. The van der Waals surface area contributed by atoms with Crippen LogP contribution >= 0.6 is 22.9 Å². The predicted octanol–water partition coefficient (Wildman–Crippen LogP) is 3.65. The number of hydrogen-bond donors (Lipinski definition) is 1. The molecule has 3 amide bonds. The molecule has 8 heteroatoms. The largest absolute Gasteiger partial charge is 0.344 e. The first-order valence-electron chi connectivity index (χ1n) is 9.72. The molecule has 3 unspecified atom stereocenters. The zero-order chi connectivity index (χ0) is 22.0. The zero-order valence-electron chi connectivity index (χ0n) is 16.3. The van der Waals surface area contributed by atoms with Crippen molar-refractivity contribution >= 4 is 46.7 Å². The Morgan fingerprint density at radius 2 is 2.13 bits per heavy atom. The second-order valence-corrected chi connectivity index (χ2v) is 9.04. The van der Waals surface area contributed by atoms with Gasteiger partial charge in [0.05, 0.1) is 38.7 Å². The number of halogens is 1. The SMILES string of the molecule is N#Cc1cccc(C=CCN2C(=O)C3CC=CC(NC(=O)c4ccc(Cl)s4)C3C2=O)c1. The number of benzene rings is 1. The molecule has 0 saturated carbocycles. The Kier molecular flexibility index (Phi) is 6.03. The average Bonchev–Trinajstić information content (AvgIpc) is 3.31. The lowest BCUT2D eigenvalue weighted by molar-refractivity contribution is -0.139. The summed E-state index contributed by atoms with van der Waals surface area (Å²) in [6.07, 6.45) is 7.61. The number of rotatable bonds is 5. The van der Waals surface area contributed by atoms with Gasteiger partial charge in [0.1, 0.15) is 0 Å². The summed E-state index contributed by atoms with van der Waals surface area (Å²) >= 11 is 7.07. The van der Waals surface area contributed by atoms with Crippen LogP contribution in [0.15, 0.2) is 54.6 Å². The Bertz CT molecular complexity index is 1150. The molecule has 0 bridgehead atoms. The topological polar surface area (TPSA) is 90.3 Å². The first-order chi connectivity index (χ1) is 15.0. The summed E-state index contributed by atoms with van der Waals surface area (Å²) in [5.41, 5.74) is 1.36. The molecular formula is C23H18ClN3O3S. The number of thiophene rings is 1. The van der Waals surface area contributed by atoms with Gasteiger partial charge in [-0.05, 0) is 36.2 Å². The van der Waals surface area contributed by atoms with Crippen LogP contribution in [0.1, 0.15) is 27.2 Å². The van der Waals surface area contributed by atoms with Crippen LogP contribution in [0.2, 0.25) is 4.34 Å². The number of carbonyl (C=O) groups excluding carboxylic acids is 3. The van der Waals surface area contributed by atoms with Crippen molar-refractivity contribution in [3.8, 4) is 6.07 Å². The Labute approximate surface area is 188 Å². The Morgan fingerprint density at radius 3 is 2.87 bits per heavy atom. The summed E-state index contributed by atoms with van der Waals surface area (Å²) in [5, 5.41) is 11.9. The van der Waals surface area contributed by atoms with Crippen LogP contribution < -0.4 is 5.32 Å². The van der Waals surface area contributed by atoms with Gasteiger partial charge in [0.15, 0.2) is 0 Å². The smallest absolute Gasteiger partial charge is 0.261 e. The van der Waals surface area contributed by atoms with E-state index < -0.39 is 17.9 Å². The first kappa shape index (κ1) is 21.0. The molecule has 1 N–H and O–H groups in total. The van der Waals surface area contributed by atoms with E-state index in [0.717, 1.165) is 16.9 Å². The third kappa shape index (κ3) is 4.31. The van der Waals surface area contributed by atoms with E-state index in [1.54, 1.807) is 48.6 Å².